The van der Waals surface area contributed by atoms with Crippen LogP contribution in [0.25, 0.3) is 0 Å². The van der Waals surface area contributed by atoms with E-state index in [4.69, 9.17) is 15.2 Å². The molecule has 1 amide bonds. The molecule has 0 saturated carbocycles. The quantitative estimate of drug-likeness (QED) is 0.820. The van der Waals surface area contributed by atoms with Gasteiger partial charge in [-0.3, -0.25) is 4.79 Å². The topological polar surface area (TPSA) is 64.8 Å². The largest absolute Gasteiger partial charge is 0.494 e. The van der Waals surface area contributed by atoms with Gasteiger partial charge in [0.15, 0.2) is 6.61 Å². The fraction of sp³-hybridized carbons (Fsp3) is 0.350. The highest BCUT2D eigenvalue weighted by molar-refractivity contribution is 5.97. The van der Waals surface area contributed by atoms with Gasteiger partial charge in [-0.25, -0.2) is 0 Å². The lowest BCUT2D eigenvalue weighted by Gasteiger charge is -2.30. The van der Waals surface area contributed by atoms with E-state index in [9.17, 15) is 4.79 Å². The van der Waals surface area contributed by atoms with E-state index in [1.807, 2.05) is 56.3 Å². The zero-order chi connectivity index (χ0) is 17.8. The van der Waals surface area contributed by atoms with Crippen LogP contribution < -0.4 is 20.1 Å². The molecule has 0 spiro atoms. The van der Waals surface area contributed by atoms with Gasteiger partial charge in [-0.1, -0.05) is 23.8 Å². The maximum atomic E-state index is 12.3. The molecule has 2 aromatic carbocycles. The number of carbonyl (C=O) groups excluding carboxylic acids is 1. The smallest absolute Gasteiger partial charge is 0.265 e. The lowest BCUT2D eigenvalue weighted by molar-refractivity contribution is -0.121. The monoisotopic (exact) mass is 340 g/mol. The van der Waals surface area contributed by atoms with Crippen molar-refractivity contribution in [3.05, 3.63) is 53.6 Å². The second-order valence-corrected chi connectivity index (χ2v) is 6.36. The second kappa shape index (κ2) is 7.57. The number of hydrogen-bond acceptors (Lipinski definition) is 4. The standard InChI is InChI=1S/C20H24N2O3/c1-14-4-7-17(8-5-14)24-11-3-10-22-18-12-16(15(2)21)6-9-19(18)25-13-20(22)23/h4-9,12,15H,3,10-11,13,21H2,1-2H3. The van der Waals surface area contributed by atoms with Crippen molar-refractivity contribution < 1.29 is 14.3 Å². The fourth-order valence-electron chi connectivity index (χ4n) is 2.79. The average molecular weight is 340 g/mol. The molecule has 1 aliphatic heterocycles. The number of carbonyl (C=O) groups is 1. The van der Waals surface area contributed by atoms with E-state index in [0.717, 1.165) is 29.2 Å². The number of nitrogens with two attached hydrogens (primary N) is 1. The molecule has 2 aromatic rings. The van der Waals surface area contributed by atoms with Gasteiger partial charge in [-0.05, 0) is 50.1 Å². The fourth-order valence-corrected chi connectivity index (χ4v) is 2.79. The molecule has 2 N–H and O–H groups in total. The van der Waals surface area contributed by atoms with Crippen molar-refractivity contribution in [1.29, 1.82) is 0 Å². The van der Waals surface area contributed by atoms with Crippen LogP contribution in [-0.4, -0.2) is 25.7 Å². The molecule has 1 aliphatic rings. The van der Waals surface area contributed by atoms with Crippen LogP contribution in [0.4, 0.5) is 5.69 Å². The van der Waals surface area contributed by atoms with E-state index >= 15 is 0 Å². The third-order valence-electron chi connectivity index (χ3n) is 4.27. The summed E-state index contributed by atoms with van der Waals surface area (Å²) in [6.07, 6.45) is 0.738. The molecule has 1 atom stereocenters. The van der Waals surface area contributed by atoms with Crippen LogP contribution in [0.3, 0.4) is 0 Å². The van der Waals surface area contributed by atoms with Gasteiger partial charge < -0.3 is 20.1 Å². The van der Waals surface area contributed by atoms with Crippen molar-refractivity contribution in [2.24, 2.45) is 5.73 Å². The Labute approximate surface area is 148 Å². The maximum Gasteiger partial charge on any atom is 0.265 e. The Balaban J connectivity index is 1.63. The number of ether oxygens (including phenoxy) is 2. The predicted octanol–water partition coefficient (Wildman–Crippen LogP) is 3.21. The number of nitrogens with zero attached hydrogens (tertiary/aromatic N) is 1. The first-order chi connectivity index (χ1) is 12.0. The van der Waals surface area contributed by atoms with Crippen LogP contribution in [0.5, 0.6) is 11.5 Å². The third kappa shape index (κ3) is 4.12. The molecule has 0 saturated heterocycles. The van der Waals surface area contributed by atoms with E-state index in [2.05, 4.69) is 0 Å². The zero-order valence-corrected chi connectivity index (χ0v) is 14.7. The highest BCUT2D eigenvalue weighted by Crippen LogP contribution is 2.34. The molecule has 0 bridgehead atoms. The minimum absolute atomic E-state index is 0.0374. The molecule has 0 aromatic heterocycles. The zero-order valence-electron chi connectivity index (χ0n) is 14.7. The summed E-state index contributed by atoms with van der Waals surface area (Å²) in [5.41, 5.74) is 8.94. The molecule has 0 aliphatic carbocycles. The highest BCUT2D eigenvalue weighted by Gasteiger charge is 2.25. The van der Waals surface area contributed by atoms with Crippen molar-refractivity contribution in [3.8, 4) is 11.5 Å². The van der Waals surface area contributed by atoms with Crippen molar-refractivity contribution in [1.82, 2.24) is 0 Å². The van der Waals surface area contributed by atoms with Gasteiger partial charge in [0.2, 0.25) is 0 Å². The number of anilines is 1. The number of rotatable bonds is 6. The van der Waals surface area contributed by atoms with Gasteiger partial charge in [0.25, 0.3) is 5.91 Å². The van der Waals surface area contributed by atoms with Gasteiger partial charge in [0.05, 0.1) is 12.3 Å². The Bertz CT molecular complexity index is 741. The average Bonchev–Trinajstić information content (AvgIpc) is 2.61. The Morgan fingerprint density at radius 3 is 2.72 bits per heavy atom. The minimum Gasteiger partial charge on any atom is -0.494 e. The lowest BCUT2D eigenvalue weighted by atomic mass is 10.1. The summed E-state index contributed by atoms with van der Waals surface area (Å²) in [6, 6.07) is 13.6. The van der Waals surface area contributed by atoms with Crippen LogP contribution in [-0.2, 0) is 4.79 Å². The van der Waals surface area contributed by atoms with E-state index in [0.29, 0.717) is 13.2 Å². The normalized spacial score (nSPS) is 14.7. The number of aryl methyl sites for hydroxylation is 1. The van der Waals surface area contributed by atoms with E-state index in [1.54, 1.807) is 4.90 Å². The van der Waals surface area contributed by atoms with E-state index in [1.165, 1.54) is 5.56 Å². The second-order valence-electron chi connectivity index (χ2n) is 6.36. The first-order valence-corrected chi connectivity index (χ1v) is 8.57. The highest BCUT2D eigenvalue weighted by atomic mass is 16.5. The third-order valence-corrected chi connectivity index (χ3v) is 4.27. The van der Waals surface area contributed by atoms with Crippen LogP contribution in [0.15, 0.2) is 42.5 Å². The lowest BCUT2D eigenvalue weighted by Crippen LogP contribution is -2.40. The summed E-state index contributed by atoms with van der Waals surface area (Å²) < 4.78 is 11.3. The molecule has 3 rings (SSSR count). The molecule has 0 fully saturated rings. The molecule has 0 radical (unpaired) electrons. The molecule has 5 nitrogen and oxygen atoms in total. The number of amides is 1. The summed E-state index contributed by atoms with van der Waals surface area (Å²) in [4.78, 5) is 14.0. The van der Waals surface area contributed by atoms with Gasteiger partial charge in [0, 0.05) is 12.6 Å². The molecule has 1 heterocycles. The van der Waals surface area contributed by atoms with Crippen molar-refractivity contribution >= 4 is 11.6 Å². The summed E-state index contributed by atoms with van der Waals surface area (Å²) >= 11 is 0. The molecular weight excluding hydrogens is 316 g/mol. The van der Waals surface area contributed by atoms with Crippen LogP contribution >= 0.6 is 0 Å². The summed E-state index contributed by atoms with van der Waals surface area (Å²) in [5, 5.41) is 0. The minimum atomic E-state index is -0.0888. The molecule has 25 heavy (non-hydrogen) atoms. The number of benzene rings is 2. The summed E-state index contributed by atoms with van der Waals surface area (Å²) in [5.74, 6) is 1.53. The Morgan fingerprint density at radius 1 is 1.24 bits per heavy atom. The first kappa shape index (κ1) is 17.3. The van der Waals surface area contributed by atoms with Crippen LogP contribution in [0.1, 0.15) is 30.5 Å². The van der Waals surface area contributed by atoms with Crippen LogP contribution in [0, 0.1) is 6.92 Å². The van der Waals surface area contributed by atoms with Gasteiger partial charge in [-0.2, -0.15) is 0 Å². The van der Waals surface area contributed by atoms with Crippen molar-refractivity contribution in [2.45, 2.75) is 26.3 Å². The number of fused-ring (bicyclic) bond motifs is 1. The van der Waals surface area contributed by atoms with E-state index < -0.39 is 0 Å². The number of hydrogen-bond donors (Lipinski definition) is 1. The van der Waals surface area contributed by atoms with Crippen molar-refractivity contribution in [3.63, 3.8) is 0 Å². The first-order valence-electron chi connectivity index (χ1n) is 8.57. The predicted molar refractivity (Wildman–Crippen MR) is 98.2 cm³/mol. The summed E-state index contributed by atoms with van der Waals surface area (Å²) in [7, 11) is 0. The van der Waals surface area contributed by atoms with Gasteiger partial charge in [0.1, 0.15) is 11.5 Å². The molecule has 1 unspecified atom stereocenters. The molecule has 5 heteroatoms. The van der Waals surface area contributed by atoms with Crippen molar-refractivity contribution in [2.75, 3.05) is 24.7 Å². The Hall–Kier alpha value is -2.53. The van der Waals surface area contributed by atoms with Gasteiger partial charge >= 0.3 is 0 Å². The SMILES string of the molecule is Cc1ccc(OCCCN2C(=O)COc3ccc(C(C)N)cc32)cc1. The maximum absolute atomic E-state index is 12.3. The van der Waals surface area contributed by atoms with Crippen LogP contribution in [0.2, 0.25) is 0 Å². The Morgan fingerprint density at radius 2 is 2.00 bits per heavy atom. The van der Waals surface area contributed by atoms with E-state index in [-0.39, 0.29) is 18.6 Å². The molecular formula is C20H24N2O3. The summed E-state index contributed by atoms with van der Waals surface area (Å²) in [6.45, 7) is 5.18. The van der Waals surface area contributed by atoms with Gasteiger partial charge in [-0.15, -0.1) is 0 Å². The Kier molecular flexibility index (Phi) is 5.24. The molecule has 132 valence electrons.